The van der Waals surface area contributed by atoms with Crippen LogP contribution in [-0.4, -0.2) is 16.7 Å². The normalized spacial score (nSPS) is 14.0. The van der Waals surface area contributed by atoms with Crippen LogP contribution >= 0.6 is 11.8 Å². The summed E-state index contributed by atoms with van der Waals surface area (Å²) in [4.78, 5) is 28.0. The molecule has 3 nitrogen and oxygen atoms in total. The summed E-state index contributed by atoms with van der Waals surface area (Å²) < 4.78 is 13.2. The van der Waals surface area contributed by atoms with Crippen LogP contribution in [0.4, 0.5) is 4.39 Å². The quantitative estimate of drug-likeness (QED) is 0.541. The number of benzene rings is 3. The topological polar surface area (TPSA) is 37.4 Å². The molecule has 0 saturated heterocycles. The van der Waals surface area contributed by atoms with Crippen LogP contribution in [-0.2, 0) is 21.9 Å². The summed E-state index contributed by atoms with van der Waals surface area (Å²) in [5.41, 5.74) is 2.94. The van der Waals surface area contributed by atoms with Gasteiger partial charge in [0.15, 0.2) is 0 Å². The van der Waals surface area contributed by atoms with Crippen molar-refractivity contribution in [1.82, 2.24) is 4.90 Å². The number of rotatable bonds is 6. The van der Waals surface area contributed by atoms with Crippen molar-refractivity contribution in [3.8, 4) is 0 Å². The first kappa shape index (κ1) is 19.2. The average Bonchev–Trinajstić information content (AvgIpc) is 2.99. The Hall–Kier alpha value is -3.18. The van der Waals surface area contributed by atoms with Gasteiger partial charge in [0.05, 0.1) is 17.0 Å². The van der Waals surface area contributed by atoms with E-state index in [2.05, 4.69) is 0 Å². The van der Waals surface area contributed by atoms with E-state index in [9.17, 15) is 14.0 Å². The minimum absolute atomic E-state index is 0.115. The SMILES string of the molecule is O=C1C(SCc2ccccc2)=C(c2ccccc2)C(=O)N1Cc1ccc(F)cc1. The van der Waals surface area contributed by atoms with Gasteiger partial charge in [0, 0.05) is 5.75 Å². The van der Waals surface area contributed by atoms with Gasteiger partial charge in [-0.15, -0.1) is 11.8 Å². The van der Waals surface area contributed by atoms with E-state index >= 15 is 0 Å². The Bertz CT molecular complexity index is 1060. The molecule has 5 heteroatoms. The Balaban J connectivity index is 1.65. The van der Waals surface area contributed by atoms with E-state index in [4.69, 9.17) is 0 Å². The molecule has 0 bridgehead atoms. The molecule has 0 radical (unpaired) electrons. The zero-order valence-electron chi connectivity index (χ0n) is 15.5. The first-order valence-corrected chi connectivity index (χ1v) is 10.2. The minimum atomic E-state index is -0.352. The van der Waals surface area contributed by atoms with Gasteiger partial charge in [0.25, 0.3) is 11.8 Å². The lowest BCUT2D eigenvalue weighted by Crippen LogP contribution is -2.30. The Morgan fingerprint density at radius 2 is 1.34 bits per heavy atom. The molecule has 0 atom stereocenters. The van der Waals surface area contributed by atoms with Crippen LogP contribution < -0.4 is 0 Å². The van der Waals surface area contributed by atoms with Crippen LogP contribution in [0.15, 0.2) is 89.8 Å². The predicted molar refractivity (Wildman–Crippen MR) is 113 cm³/mol. The van der Waals surface area contributed by atoms with Crippen molar-refractivity contribution < 1.29 is 14.0 Å². The Labute approximate surface area is 172 Å². The number of nitrogens with zero attached hydrogens (tertiary/aromatic N) is 1. The lowest BCUT2D eigenvalue weighted by atomic mass is 10.1. The smallest absolute Gasteiger partial charge is 0.268 e. The number of thioether (sulfide) groups is 1. The van der Waals surface area contributed by atoms with Gasteiger partial charge in [-0.05, 0) is 28.8 Å². The molecule has 0 N–H and O–H groups in total. The molecular weight excluding hydrogens is 385 g/mol. The Kier molecular flexibility index (Phi) is 5.58. The van der Waals surface area contributed by atoms with E-state index in [1.54, 1.807) is 12.1 Å². The zero-order chi connectivity index (χ0) is 20.2. The first-order chi connectivity index (χ1) is 14.1. The van der Waals surface area contributed by atoms with Crippen LogP contribution in [0.1, 0.15) is 16.7 Å². The molecule has 3 aromatic rings. The second-order valence-electron chi connectivity index (χ2n) is 6.67. The van der Waals surface area contributed by atoms with Crippen molar-refractivity contribution in [3.05, 3.63) is 112 Å². The fourth-order valence-electron chi connectivity index (χ4n) is 3.19. The van der Waals surface area contributed by atoms with Crippen LogP contribution in [0, 0.1) is 5.82 Å². The molecule has 0 aromatic heterocycles. The second kappa shape index (κ2) is 8.45. The molecule has 0 spiro atoms. The van der Waals surface area contributed by atoms with Crippen molar-refractivity contribution >= 4 is 29.1 Å². The third-order valence-corrected chi connectivity index (χ3v) is 5.81. The summed E-state index contributed by atoms with van der Waals surface area (Å²) in [5, 5.41) is 0. The lowest BCUT2D eigenvalue weighted by molar-refractivity contribution is -0.137. The third-order valence-electron chi connectivity index (χ3n) is 4.67. The van der Waals surface area contributed by atoms with Crippen LogP contribution in [0.25, 0.3) is 5.57 Å². The molecule has 0 aliphatic carbocycles. The van der Waals surface area contributed by atoms with Gasteiger partial charge >= 0.3 is 0 Å². The highest BCUT2D eigenvalue weighted by Gasteiger charge is 2.39. The fraction of sp³-hybridized carbons (Fsp3) is 0.0833. The number of amides is 2. The molecule has 3 aromatic carbocycles. The summed E-state index contributed by atoms with van der Waals surface area (Å²) in [6.07, 6.45) is 0. The molecule has 1 aliphatic rings. The van der Waals surface area contributed by atoms with E-state index in [0.29, 0.717) is 21.8 Å². The first-order valence-electron chi connectivity index (χ1n) is 9.20. The summed E-state index contributed by atoms with van der Waals surface area (Å²) in [7, 11) is 0. The molecule has 0 saturated carbocycles. The fourth-order valence-corrected chi connectivity index (χ4v) is 4.28. The van der Waals surface area contributed by atoms with E-state index in [1.807, 2.05) is 60.7 Å². The second-order valence-corrected chi connectivity index (χ2v) is 7.65. The third kappa shape index (κ3) is 4.15. The van der Waals surface area contributed by atoms with E-state index in [1.165, 1.54) is 28.8 Å². The number of hydrogen-bond acceptors (Lipinski definition) is 3. The highest BCUT2D eigenvalue weighted by Crippen LogP contribution is 2.38. The molecule has 1 heterocycles. The van der Waals surface area contributed by atoms with E-state index in [0.717, 1.165) is 11.1 Å². The number of carbonyl (C=O) groups excluding carboxylic acids is 2. The Morgan fingerprint density at radius 3 is 2.00 bits per heavy atom. The van der Waals surface area contributed by atoms with E-state index in [-0.39, 0.29) is 24.2 Å². The molecule has 2 amide bonds. The maximum absolute atomic E-state index is 13.2. The zero-order valence-corrected chi connectivity index (χ0v) is 16.4. The lowest BCUT2D eigenvalue weighted by Gasteiger charge is -2.15. The van der Waals surface area contributed by atoms with Gasteiger partial charge in [-0.3, -0.25) is 14.5 Å². The summed E-state index contributed by atoms with van der Waals surface area (Å²) in [5.74, 6) is -0.383. The average molecular weight is 403 g/mol. The molecular formula is C24H18FNO2S. The summed E-state index contributed by atoms with van der Waals surface area (Å²) in [6, 6.07) is 24.9. The summed E-state index contributed by atoms with van der Waals surface area (Å²) >= 11 is 1.38. The highest BCUT2D eigenvalue weighted by atomic mass is 32.2. The van der Waals surface area contributed by atoms with Crippen molar-refractivity contribution in [3.63, 3.8) is 0 Å². The molecule has 4 rings (SSSR count). The van der Waals surface area contributed by atoms with Crippen molar-refractivity contribution in [2.75, 3.05) is 0 Å². The monoisotopic (exact) mass is 403 g/mol. The number of carbonyl (C=O) groups is 2. The van der Waals surface area contributed by atoms with Gasteiger partial charge in [0.1, 0.15) is 5.82 Å². The Morgan fingerprint density at radius 1 is 0.724 bits per heavy atom. The largest absolute Gasteiger partial charge is 0.269 e. The van der Waals surface area contributed by atoms with Gasteiger partial charge in [-0.25, -0.2) is 4.39 Å². The molecule has 0 fully saturated rings. The highest BCUT2D eigenvalue weighted by molar-refractivity contribution is 8.03. The van der Waals surface area contributed by atoms with Crippen LogP contribution in [0.5, 0.6) is 0 Å². The van der Waals surface area contributed by atoms with Crippen LogP contribution in [0.2, 0.25) is 0 Å². The van der Waals surface area contributed by atoms with Crippen molar-refractivity contribution in [2.24, 2.45) is 0 Å². The number of hydrogen-bond donors (Lipinski definition) is 0. The van der Waals surface area contributed by atoms with Gasteiger partial charge < -0.3 is 0 Å². The molecule has 29 heavy (non-hydrogen) atoms. The predicted octanol–water partition coefficient (Wildman–Crippen LogP) is 5.04. The number of imide groups is 1. The van der Waals surface area contributed by atoms with Crippen LogP contribution in [0.3, 0.4) is 0 Å². The minimum Gasteiger partial charge on any atom is -0.269 e. The van der Waals surface area contributed by atoms with Gasteiger partial charge in [-0.1, -0.05) is 72.8 Å². The molecule has 0 unspecified atom stereocenters. The van der Waals surface area contributed by atoms with Gasteiger partial charge in [-0.2, -0.15) is 0 Å². The van der Waals surface area contributed by atoms with Crippen molar-refractivity contribution in [1.29, 1.82) is 0 Å². The van der Waals surface area contributed by atoms with Gasteiger partial charge in [0.2, 0.25) is 0 Å². The molecule has 144 valence electrons. The number of halogens is 1. The van der Waals surface area contributed by atoms with Crippen molar-refractivity contribution in [2.45, 2.75) is 12.3 Å². The standard InChI is InChI=1S/C24H18FNO2S/c25-20-13-11-17(12-14-20)15-26-23(27)21(19-9-5-2-6-10-19)22(24(26)28)29-16-18-7-3-1-4-8-18/h1-14H,15-16H2. The van der Waals surface area contributed by atoms with E-state index < -0.39 is 0 Å². The molecule has 1 aliphatic heterocycles. The maximum Gasteiger partial charge on any atom is 0.268 e. The maximum atomic E-state index is 13.2. The summed E-state index contributed by atoms with van der Waals surface area (Å²) in [6.45, 7) is 0.115.